The molecule has 0 fully saturated rings. The normalized spacial score (nSPS) is 17.5. The molecule has 0 saturated heterocycles. The van der Waals surface area contributed by atoms with Crippen molar-refractivity contribution in [1.29, 1.82) is 0 Å². The van der Waals surface area contributed by atoms with E-state index in [2.05, 4.69) is 10.3 Å². The Kier molecular flexibility index (Phi) is 2.63. The number of phenols is 1. The number of aromatic nitrogens is 1. The molecule has 0 amide bonds. The second-order valence-electron chi connectivity index (χ2n) is 4.43. The lowest BCUT2D eigenvalue weighted by molar-refractivity contribution is 0.469. The van der Waals surface area contributed by atoms with Gasteiger partial charge in [0.15, 0.2) is 0 Å². The number of pyridine rings is 1. The highest BCUT2D eigenvalue weighted by atomic mass is 19.1. The predicted octanol–water partition coefficient (Wildman–Crippen LogP) is 3.03. The Labute approximate surface area is 104 Å². The van der Waals surface area contributed by atoms with Gasteiger partial charge in [0.05, 0.1) is 6.04 Å². The summed E-state index contributed by atoms with van der Waals surface area (Å²) < 4.78 is 13.0. The maximum atomic E-state index is 13.0. The predicted molar refractivity (Wildman–Crippen MR) is 67.0 cm³/mol. The Bertz CT molecular complexity index is 586. The monoisotopic (exact) mass is 244 g/mol. The average molecular weight is 244 g/mol. The third-order valence-corrected chi connectivity index (χ3v) is 3.28. The van der Waals surface area contributed by atoms with Crippen LogP contribution in [0.1, 0.15) is 23.6 Å². The van der Waals surface area contributed by atoms with Crippen LogP contribution in [0.2, 0.25) is 0 Å². The van der Waals surface area contributed by atoms with E-state index in [1.54, 1.807) is 18.2 Å². The van der Waals surface area contributed by atoms with Crippen LogP contribution in [-0.4, -0.2) is 10.1 Å². The molecule has 3 rings (SSSR count). The number of nitrogens with one attached hydrogen (secondary N) is 1. The first-order chi connectivity index (χ1) is 8.74. The molecule has 0 bridgehead atoms. The van der Waals surface area contributed by atoms with E-state index in [4.69, 9.17) is 0 Å². The van der Waals surface area contributed by atoms with E-state index < -0.39 is 5.95 Å². The Hall–Kier alpha value is -2.10. The minimum atomic E-state index is -0.492. The number of benzene rings is 1. The first-order valence-corrected chi connectivity index (χ1v) is 5.94. The van der Waals surface area contributed by atoms with E-state index in [-0.39, 0.29) is 6.04 Å². The molecule has 92 valence electrons. The molecule has 1 aromatic carbocycles. The fraction of sp³-hybridized carbons (Fsp3) is 0.214. The second kappa shape index (κ2) is 4.29. The number of anilines is 1. The molecule has 4 heteroatoms. The third-order valence-electron chi connectivity index (χ3n) is 3.28. The first kappa shape index (κ1) is 11.0. The maximum absolute atomic E-state index is 13.0. The summed E-state index contributed by atoms with van der Waals surface area (Å²) in [5.74, 6) is 0.370. The van der Waals surface area contributed by atoms with Crippen molar-refractivity contribution < 1.29 is 9.50 Å². The summed E-state index contributed by atoms with van der Waals surface area (Å²) in [6.07, 6.45) is 1.71. The van der Waals surface area contributed by atoms with E-state index in [1.165, 1.54) is 6.07 Å². The van der Waals surface area contributed by atoms with E-state index in [1.807, 2.05) is 12.1 Å². The minimum Gasteiger partial charge on any atom is -0.508 e. The van der Waals surface area contributed by atoms with Crippen LogP contribution >= 0.6 is 0 Å². The Morgan fingerprint density at radius 2 is 2.06 bits per heavy atom. The number of hydrogen-bond donors (Lipinski definition) is 2. The summed E-state index contributed by atoms with van der Waals surface area (Å²) in [6, 6.07) is 10.3. The number of fused-ring (bicyclic) bond motifs is 1. The van der Waals surface area contributed by atoms with Gasteiger partial charge in [-0.1, -0.05) is 18.2 Å². The van der Waals surface area contributed by atoms with Gasteiger partial charge in [0, 0.05) is 0 Å². The summed E-state index contributed by atoms with van der Waals surface area (Å²) >= 11 is 0. The zero-order valence-electron chi connectivity index (χ0n) is 9.73. The van der Waals surface area contributed by atoms with Crippen LogP contribution in [0.4, 0.5) is 10.2 Å². The van der Waals surface area contributed by atoms with Crippen LogP contribution in [0, 0.1) is 5.95 Å². The van der Waals surface area contributed by atoms with Crippen molar-refractivity contribution in [1.82, 2.24) is 4.98 Å². The SMILES string of the molecule is Oc1cccc2c1CCC2Nc1cccc(F)n1. The molecule has 18 heavy (non-hydrogen) atoms. The van der Waals surface area contributed by atoms with Crippen molar-refractivity contribution in [2.24, 2.45) is 0 Å². The molecule has 0 aliphatic heterocycles. The van der Waals surface area contributed by atoms with Gasteiger partial charge in [0.2, 0.25) is 5.95 Å². The van der Waals surface area contributed by atoms with Crippen LogP contribution in [0.5, 0.6) is 5.75 Å². The summed E-state index contributed by atoms with van der Waals surface area (Å²) in [6.45, 7) is 0. The molecule has 0 radical (unpaired) electrons. The molecule has 1 aliphatic carbocycles. The highest BCUT2D eigenvalue weighted by molar-refractivity contribution is 5.48. The van der Waals surface area contributed by atoms with E-state index >= 15 is 0 Å². The maximum Gasteiger partial charge on any atom is 0.214 e. The molecular weight excluding hydrogens is 231 g/mol. The standard InChI is InChI=1S/C14H13FN2O/c15-13-5-2-6-14(17-13)16-11-8-7-10-9(11)3-1-4-12(10)18/h1-6,11,18H,7-8H2,(H,16,17). The Morgan fingerprint density at radius 1 is 1.22 bits per heavy atom. The number of aromatic hydroxyl groups is 1. The quantitative estimate of drug-likeness (QED) is 0.798. The van der Waals surface area contributed by atoms with Gasteiger partial charge >= 0.3 is 0 Å². The zero-order chi connectivity index (χ0) is 12.5. The van der Waals surface area contributed by atoms with Crippen molar-refractivity contribution in [2.75, 3.05) is 5.32 Å². The van der Waals surface area contributed by atoms with Crippen molar-refractivity contribution >= 4 is 5.82 Å². The Balaban J connectivity index is 1.87. The molecule has 1 atom stereocenters. The second-order valence-corrected chi connectivity index (χ2v) is 4.43. The lowest BCUT2D eigenvalue weighted by Crippen LogP contribution is -2.08. The molecule has 1 heterocycles. The lowest BCUT2D eigenvalue weighted by atomic mass is 10.1. The first-order valence-electron chi connectivity index (χ1n) is 5.94. The molecule has 2 N–H and O–H groups in total. The van der Waals surface area contributed by atoms with Crippen LogP contribution in [0.25, 0.3) is 0 Å². The van der Waals surface area contributed by atoms with Crippen molar-refractivity contribution in [3.8, 4) is 5.75 Å². The average Bonchev–Trinajstić information content (AvgIpc) is 2.74. The summed E-state index contributed by atoms with van der Waals surface area (Å²) in [5.41, 5.74) is 2.05. The topological polar surface area (TPSA) is 45.1 Å². The number of rotatable bonds is 2. The summed E-state index contributed by atoms with van der Waals surface area (Å²) in [7, 11) is 0. The highest BCUT2D eigenvalue weighted by Crippen LogP contribution is 2.37. The lowest BCUT2D eigenvalue weighted by Gasteiger charge is -2.14. The smallest absolute Gasteiger partial charge is 0.214 e. The molecule has 0 spiro atoms. The van der Waals surface area contributed by atoms with Crippen LogP contribution in [-0.2, 0) is 6.42 Å². The number of hydrogen-bond acceptors (Lipinski definition) is 3. The zero-order valence-corrected chi connectivity index (χ0v) is 9.73. The van der Waals surface area contributed by atoms with Crippen LogP contribution < -0.4 is 5.32 Å². The number of phenolic OH excluding ortho intramolecular Hbond substituents is 1. The number of halogens is 1. The van der Waals surface area contributed by atoms with E-state index in [9.17, 15) is 9.50 Å². The van der Waals surface area contributed by atoms with Gasteiger partial charge in [-0.25, -0.2) is 4.98 Å². The largest absolute Gasteiger partial charge is 0.508 e. The molecule has 1 aliphatic rings. The van der Waals surface area contributed by atoms with Gasteiger partial charge < -0.3 is 10.4 Å². The van der Waals surface area contributed by atoms with Gasteiger partial charge in [0.1, 0.15) is 11.6 Å². The fourth-order valence-electron chi connectivity index (χ4n) is 2.45. The fourth-order valence-corrected chi connectivity index (χ4v) is 2.45. The number of nitrogens with zero attached hydrogens (tertiary/aromatic N) is 1. The molecule has 0 saturated carbocycles. The highest BCUT2D eigenvalue weighted by Gasteiger charge is 2.24. The van der Waals surface area contributed by atoms with Crippen LogP contribution in [0.15, 0.2) is 36.4 Å². The summed E-state index contributed by atoms with van der Waals surface area (Å²) in [4.78, 5) is 3.79. The van der Waals surface area contributed by atoms with Gasteiger partial charge in [0.25, 0.3) is 0 Å². The van der Waals surface area contributed by atoms with Gasteiger partial charge in [-0.2, -0.15) is 4.39 Å². The molecule has 3 nitrogen and oxygen atoms in total. The summed E-state index contributed by atoms with van der Waals surface area (Å²) in [5, 5.41) is 13.0. The molecule has 1 unspecified atom stereocenters. The van der Waals surface area contributed by atoms with Crippen molar-refractivity contribution in [2.45, 2.75) is 18.9 Å². The molecular formula is C14H13FN2O. The van der Waals surface area contributed by atoms with Crippen LogP contribution in [0.3, 0.4) is 0 Å². The van der Waals surface area contributed by atoms with Crippen molar-refractivity contribution in [3.63, 3.8) is 0 Å². The van der Waals surface area contributed by atoms with Gasteiger partial charge in [-0.05, 0) is 42.2 Å². The third kappa shape index (κ3) is 1.90. The van der Waals surface area contributed by atoms with E-state index in [0.29, 0.717) is 11.6 Å². The Morgan fingerprint density at radius 3 is 2.89 bits per heavy atom. The minimum absolute atomic E-state index is 0.0846. The molecule has 1 aromatic heterocycles. The van der Waals surface area contributed by atoms with E-state index in [0.717, 1.165) is 24.0 Å². The van der Waals surface area contributed by atoms with Gasteiger partial charge in [-0.3, -0.25) is 0 Å². The molecule has 2 aromatic rings. The van der Waals surface area contributed by atoms with Gasteiger partial charge in [-0.15, -0.1) is 0 Å². The van der Waals surface area contributed by atoms with Crippen molar-refractivity contribution in [3.05, 3.63) is 53.5 Å².